The minimum absolute atomic E-state index is 0.166. The number of aryl methyl sites for hydroxylation is 1. The summed E-state index contributed by atoms with van der Waals surface area (Å²) in [6.45, 7) is 2.47. The highest BCUT2D eigenvalue weighted by atomic mass is 32.2. The number of hydrogen-bond acceptors (Lipinski definition) is 7. The van der Waals surface area contributed by atoms with E-state index in [1.54, 1.807) is 19.1 Å². The maximum absolute atomic E-state index is 12.7. The molecular formula is C14H17N5O3S. The summed E-state index contributed by atoms with van der Waals surface area (Å²) in [6, 6.07) is 4.73. The van der Waals surface area contributed by atoms with Crippen molar-refractivity contribution in [2.45, 2.75) is 17.9 Å². The Bertz CT molecular complexity index is 777. The third kappa shape index (κ3) is 3.31. The van der Waals surface area contributed by atoms with Crippen LogP contribution in [-0.4, -0.2) is 47.4 Å². The first-order chi connectivity index (χ1) is 11.0. The molecular weight excluding hydrogens is 318 g/mol. The van der Waals surface area contributed by atoms with Gasteiger partial charge in [-0.15, -0.1) is 0 Å². The van der Waals surface area contributed by atoms with Gasteiger partial charge in [-0.2, -0.15) is 4.31 Å². The van der Waals surface area contributed by atoms with E-state index in [2.05, 4.69) is 15.0 Å². The Kier molecular flexibility index (Phi) is 4.24. The van der Waals surface area contributed by atoms with Crippen LogP contribution in [0.15, 0.2) is 35.5 Å². The van der Waals surface area contributed by atoms with Gasteiger partial charge >= 0.3 is 0 Å². The fraction of sp³-hybridized carbons (Fsp3) is 0.357. The number of hydrogen-bond donors (Lipinski definition) is 1. The fourth-order valence-electron chi connectivity index (χ4n) is 2.45. The van der Waals surface area contributed by atoms with E-state index in [4.69, 9.17) is 10.5 Å². The lowest BCUT2D eigenvalue weighted by Crippen LogP contribution is -2.42. The monoisotopic (exact) mass is 335 g/mol. The summed E-state index contributed by atoms with van der Waals surface area (Å²) in [7, 11) is -3.61. The Labute approximate surface area is 134 Å². The smallest absolute Gasteiger partial charge is 0.244 e. The molecule has 1 atom stereocenters. The minimum Gasteiger partial charge on any atom is -0.384 e. The average Bonchev–Trinajstić information content (AvgIpc) is 2.55. The maximum atomic E-state index is 12.7. The van der Waals surface area contributed by atoms with Gasteiger partial charge in [-0.05, 0) is 19.1 Å². The number of nitrogen functional groups attached to an aromatic ring is 1. The van der Waals surface area contributed by atoms with Crippen LogP contribution in [0.25, 0.3) is 0 Å². The largest absolute Gasteiger partial charge is 0.384 e. The molecule has 0 aromatic carbocycles. The van der Waals surface area contributed by atoms with Crippen LogP contribution in [-0.2, 0) is 14.8 Å². The molecule has 2 N–H and O–H groups in total. The number of nitrogens with two attached hydrogens (primary N) is 1. The molecule has 8 nitrogen and oxygen atoms in total. The third-order valence-electron chi connectivity index (χ3n) is 3.51. The minimum atomic E-state index is -3.61. The van der Waals surface area contributed by atoms with Crippen molar-refractivity contribution < 1.29 is 13.2 Å². The molecule has 1 saturated heterocycles. The van der Waals surface area contributed by atoms with Crippen LogP contribution in [0.5, 0.6) is 0 Å². The van der Waals surface area contributed by atoms with Crippen LogP contribution < -0.4 is 5.73 Å². The first kappa shape index (κ1) is 15.8. The Morgan fingerprint density at radius 1 is 1.39 bits per heavy atom. The second kappa shape index (κ2) is 6.19. The van der Waals surface area contributed by atoms with Crippen LogP contribution in [0.3, 0.4) is 0 Å². The number of rotatable bonds is 3. The van der Waals surface area contributed by atoms with Crippen LogP contribution in [0, 0.1) is 6.92 Å². The predicted octanol–water partition coefficient (Wildman–Crippen LogP) is 0.524. The zero-order chi connectivity index (χ0) is 16.4. The third-order valence-corrected chi connectivity index (χ3v) is 5.36. The number of nitrogens with zero attached hydrogens (tertiary/aromatic N) is 4. The Morgan fingerprint density at radius 2 is 2.22 bits per heavy atom. The molecule has 0 amide bonds. The number of anilines is 1. The summed E-state index contributed by atoms with van der Waals surface area (Å²) >= 11 is 0. The van der Waals surface area contributed by atoms with E-state index >= 15 is 0 Å². The van der Waals surface area contributed by atoms with Crippen molar-refractivity contribution in [3.05, 3.63) is 42.1 Å². The first-order valence-electron chi connectivity index (χ1n) is 7.09. The maximum Gasteiger partial charge on any atom is 0.244 e. The van der Waals surface area contributed by atoms with E-state index in [1.165, 1.54) is 22.8 Å². The molecule has 0 radical (unpaired) electrons. The van der Waals surface area contributed by atoms with Crippen LogP contribution in [0.1, 0.15) is 17.6 Å². The van der Waals surface area contributed by atoms with E-state index in [0.717, 1.165) is 0 Å². The van der Waals surface area contributed by atoms with Gasteiger partial charge in [0.1, 0.15) is 22.6 Å². The van der Waals surface area contributed by atoms with Gasteiger partial charge < -0.3 is 10.5 Å². The van der Waals surface area contributed by atoms with Crippen molar-refractivity contribution in [1.82, 2.24) is 19.3 Å². The average molecular weight is 335 g/mol. The molecule has 122 valence electrons. The van der Waals surface area contributed by atoms with Crippen molar-refractivity contribution in [2.75, 3.05) is 25.4 Å². The number of ether oxygens (including phenoxy) is 1. The highest BCUT2D eigenvalue weighted by Crippen LogP contribution is 2.25. The molecule has 3 rings (SSSR count). The Balaban J connectivity index is 1.86. The van der Waals surface area contributed by atoms with Gasteiger partial charge in [-0.3, -0.25) is 4.98 Å². The summed E-state index contributed by atoms with van der Waals surface area (Å²) in [5, 5.41) is 0. The SMILES string of the molecule is Cc1nc(N)cc([C@H]2CN(S(=O)(=O)c3cccnc3)CCO2)n1. The van der Waals surface area contributed by atoms with Crippen molar-refractivity contribution in [2.24, 2.45) is 0 Å². The lowest BCUT2D eigenvalue weighted by molar-refractivity contribution is -0.00505. The molecule has 2 aromatic rings. The molecule has 1 aliphatic rings. The Morgan fingerprint density at radius 3 is 2.91 bits per heavy atom. The first-order valence-corrected chi connectivity index (χ1v) is 8.53. The van der Waals surface area contributed by atoms with Gasteiger partial charge in [-0.1, -0.05) is 0 Å². The second-order valence-corrected chi connectivity index (χ2v) is 7.11. The zero-order valence-corrected chi connectivity index (χ0v) is 13.4. The zero-order valence-electron chi connectivity index (χ0n) is 12.6. The summed E-state index contributed by atoms with van der Waals surface area (Å²) in [6.07, 6.45) is 2.40. The molecule has 0 saturated carbocycles. The highest BCUT2D eigenvalue weighted by Gasteiger charge is 2.32. The summed E-state index contributed by atoms with van der Waals surface area (Å²) < 4.78 is 32.4. The Hall–Kier alpha value is -2.10. The number of morpholine rings is 1. The molecule has 0 bridgehead atoms. The van der Waals surface area contributed by atoms with Crippen molar-refractivity contribution in [3.63, 3.8) is 0 Å². The molecule has 9 heteroatoms. The van der Waals surface area contributed by atoms with Crippen LogP contribution in [0.4, 0.5) is 5.82 Å². The van der Waals surface area contributed by atoms with Crippen molar-refractivity contribution in [1.29, 1.82) is 0 Å². The van der Waals surface area contributed by atoms with Gasteiger partial charge in [0, 0.05) is 31.5 Å². The molecule has 23 heavy (non-hydrogen) atoms. The number of pyridine rings is 1. The number of aromatic nitrogens is 3. The number of sulfonamides is 1. The van der Waals surface area contributed by atoms with Gasteiger partial charge in [0.15, 0.2) is 0 Å². The van der Waals surface area contributed by atoms with Gasteiger partial charge in [-0.25, -0.2) is 18.4 Å². The topological polar surface area (TPSA) is 111 Å². The molecule has 1 fully saturated rings. The van der Waals surface area contributed by atoms with Gasteiger partial charge in [0.25, 0.3) is 0 Å². The summed E-state index contributed by atoms with van der Waals surface area (Å²) in [5.41, 5.74) is 6.32. The molecule has 1 aliphatic heterocycles. The van der Waals surface area contributed by atoms with E-state index in [-0.39, 0.29) is 24.6 Å². The van der Waals surface area contributed by atoms with Crippen molar-refractivity contribution >= 4 is 15.8 Å². The second-order valence-electron chi connectivity index (χ2n) is 5.18. The van der Waals surface area contributed by atoms with Crippen LogP contribution >= 0.6 is 0 Å². The lowest BCUT2D eigenvalue weighted by atomic mass is 10.2. The van der Waals surface area contributed by atoms with E-state index in [1.807, 2.05) is 0 Å². The fourth-order valence-corrected chi connectivity index (χ4v) is 3.84. The normalized spacial score (nSPS) is 19.6. The van der Waals surface area contributed by atoms with Crippen LogP contribution in [0.2, 0.25) is 0 Å². The lowest BCUT2D eigenvalue weighted by Gasteiger charge is -2.31. The molecule has 0 unspecified atom stereocenters. The van der Waals surface area contributed by atoms with Gasteiger partial charge in [0.05, 0.1) is 12.3 Å². The highest BCUT2D eigenvalue weighted by molar-refractivity contribution is 7.89. The summed E-state index contributed by atoms with van der Waals surface area (Å²) in [5.74, 6) is 0.860. The quantitative estimate of drug-likeness (QED) is 0.870. The predicted molar refractivity (Wildman–Crippen MR) is 82.9 cm³/mol. The van der Waals surface area contributed by atoms with Gasteiger partial charge in [0.2, 0.25) is 10.0 Å². The van der Waals surface area contributed by atoms with E-state index in [9.17, 15) is 8.42 Å². The molecule has 2 aromatic heterocycles. The van der Waals surface area contributed by atoms with E-state index in [0.29, 0.717) is 17.3 Å². The molecule has 0 spiro atoms. The summed E-state index contributed by atoms with van der Waals surface area (Å²) in [4.78, 5) is 12.4. The molecule has 3 heterocycles. The standard InChI is InChI=1S/C14H17N5O3S/c1-10-17-12(7-14(15)18-10)13-9-19(5-6-22-13)23(20,21)11-3-2-4-16-8-11/h2-4,7-8,13H,5-6,9H2,1H3,(H2,15,17,18)/t13-/m1/s1. The van der Waals surface area contributed by atoms with Crippen molar-refractivity contribution in [3.8, 4) is 0 Å². The molecule has 0 aliphatic carbocycles. The van der Waals surface area contributed by atoms with E-state index < -0.39 is 16.1 Å².